The molecule has 0 fully saturated rings. The summed E-state index contributed by atoms with van der Waals surface area (Å²) in [7, 11) is 0. The molecule has 0 radical (unpaired) electrons. The molecule has 0 aromatic heterocycles. The molecule has 1 aromatic carbocycles. The maximum atomic E-state index is 14.4. The first-order valence-corrected chi connectivity index (χ1v) is 15.5. The normalized spacial score (nSPS) is 12.8. The number of nitrogens with one attached hydrogen (secondary N) is 2. The summed E-state index contributed by atoms with van der Waals surface area (Å²) in [5.41, 5.74) is 1.77. The maximum Gasteiger partial charge on any atom is 0.408 e. The van der Waals surface area contributed by atoms with Gasteiger partial charge in [-0.25, -0.2) is 4.79 Å². The molecule has 1 aromatic rings. The highest BCUT2D eigenvalue weighted by Gasteiger charge is 2.37. The van der Waals surface area contributed by atoms with Gasteiger partial charge < -0.3 is 25.0 Å². The van der Waals surface area contributed by atoms with Crippen LogP contribution in [0.2, 0.25) is 0 Å². The molecule has 0 heterocycles. The Morgan fingerprint density at radius 2 is 1.57 bits per heavy atom. The van der Waals surface area contributed by atoms with Crippen molar-refractivity contribution >= 4 is 23.9 Å². The first kappa shape index (κ1) is 36.9. The van der Waals surface area contributed by atoms with Crippen molar-refractivity contribution in [3.63, 3.8) is 0 Å². The summed E-state index contributed by atoms with van der Waals surface area (Å²) >= 11 is 0. The van der Waals surface area contributed by atoms with Crippen LogP contribution in [0.5, 0.6) is 0 Å². The topological polar surface area (TPSA) is 114 Å². The Labute approximate surface area is 253 Å². The summed E-state index contributed by atoms with van der Waals surface area (Å²) in [6, 6.07) is 3.95. The Balaban J connectivity index is 3.54. The monoisotopic (exact) mass is 589 g/mol. The third-order valence-corrected chi connectivity index (χ3v) is 6.79. The fourth-order valence-electron chi connectivity index (χ4n) is 4.90. The largest absolute Gasteiger partial charge is 0.466 e. The van der Waals surface area contributed by atoms with E-state index in [0.29, 0.717) is 19.4 Å². The van der Waals surface area contributed by atoms with Crippen molar-refractivity contribution in [2.24, 2.45) is 5.92 Å². The first-order valence-electron chi connectivity index (χ1n) is 15.5. The zero-order valence-electron chi connectivity index (χ0n) is 27.4. The van der Waals surface area contributed by atoms with Crippen LogP contribution in [0.25, 0.3) is 0 Å². The number of rotatable bonds is 17. The molecule has 42 heavy (non-hydrogen) atoms. The Kier molecular flexibility index (Phi) is 16.2. The van der Waals surface area contributed by atoms with Gasteiger partial charge in [0.25, 0.3) is 0 Å². The van der Waals surface area contributed by atoms with Gasteiger partial charge >= 0.3 is 12.1 Å². The number of alkyl carbamates (subject to hydrolysis) is 1. The second kappa shape index (κ2) is 18.4. The fourth-order valence-corrected chi connectivity index (χ4v) is 4.90. The number of ether oxygens (including phenoxy) is 2. The molecule has 2 atom stereocenters. The highest BCUT2D eigenvalue weighted by Crippen LogP contribution is 2.30. The number of carbonyl (C=O) groups is 4. The van der Waals surface area contributed by atoms with Crippen LogP contribution in [0.15, 0.2) is 18.2 Å². The number of unbranched alkanes of at least 4 members (excludes halogenated alkanes) is 4. The number of esters is 1. The van der Waals surface area contributed by atoms with Crippen LogP contribution in [-0.2, 0) is 23.9 Å². The van der Waals surface area contributed by atoms with E-state index in [4.69, 9.17) is 9.47 Å². The van der Waals surface area contributed by atoms with Crippen LogP contribution >= 0.6 is 0 Å². The van der Waals surface area contributed by atoms with Crippen LogP contribution in [-0.4, -0.2) is 60.1 Å². The predicted molar refractivity (Wildman–Crippen MR) is 166 cm³/mol. The van der Waals surface area contributed by atoms with Gasteiger partial charge in [-0.2, -0.15) is 0 Å². The van der Waals surface area contributed by atoms with Crippen molar-refractivity contribution in [1.29, 1.82) is 0 Å². The van der Waals surface area contributed by atoms with Crippen molar-refractivity contribution in [3.8, 4) is 0 Å². The number of aryl methyl sites for hydroxylation is 2. The van der Waals surface area contributed by atoms with Gasteiger partial charge in [0, 0.05) is 13.1 Å². The number of benzene rings is 1. The highest BCUT2D eigenvalue weighted by atomic mass is 16.6. The smallest absolute Gasteiger partial charge is 0.408 e. The Hall–Kier alpha value is -3.10. The summed E-state index contributed by atoms with van der Waals surface area (Å²) in [5, 5.41) is 5.67. The van der Waals surface area contributed by atoms with Crippen LogP contribution in [0.3, 0.4) is 0 Å². The van der Waals surface area contributed by atoms with E-state index in [-0.39, 0.29) is 37.3 Å². The molecule has 1 rings (SSSR count). The number of nitrogens with zero attached hydrogens (tertiary/aromatic N) is 1. The average molecular weight is 590 g/mol. The molecule has 0 aliphatic rings. The van der Waals surface area contributed by atoms with Gasteiger partial charge in [0.05, 0.1) is 13.0 Å². The average Bonchev–Trinajstić information content (AvgIpc) is 2.87. The zero-order chi connectivity index (χ0) is 31.9. The quantitative estimate of drug-likeness (QED) is 0.166. The van der Waals surface area contributed by atoms with Gasteiger partial charge in [-0.3, -0.25) is 14.4 Å². The lowest BCUT2D eigenvalue weighted by Gasteiger charge is -2.36. The van der Waals surface area contributed by atoms with E-state index in [1.165, 1.54) is 0 Å². The second-order valence-electron chi connectivity index (χ2n) is 12.3. The van der Waals surface area contributed by atoms with E-state index in [1.807, 2.05) is 45.9 Å². The molecular formula is C33H55N3O6. The Bertz CT molecular complexity index is 997. The predicted octanol–water partition coefficient (Wildman–Crippen LogP) is 6.15. The van der Waals surface area contributed by atoms with Gasteiger partial charge in [0.15, 0.2) is 0 Å². The number of hydrogen-bond donors (Lipinski definition) is 2. The van der Waals surface area contributed by atoms with Gasteiger partial charge in [-0.05, 0) is 77.0 Å². The van der Waals surface area contributed by atoms with E-state index >= 15 is 0 Å². The fraction of sp³-hybridized carbons (Fsp3) is 0.697. The third-order valence-electron chi connectivity index (χ3n) is 6.79. The molecule has 0 aliphatic heterocycles. The molecule has 0 aliphatic carbocycles. The summed E-state index contributed by atoms with van der Waals surface area (Å²) in [6.07, 6.45) is 4.58. The number of carbonyl (C=O) groups excluding carboxylic acids is 4. The summed E-state index contributed by atoms with van der Waals surface area (Å²) in [4.78, 5) is 54.8. The van der Waals surface area contributed by atoms with Crippen LogP contribution < -0.4 is 10.6 Å². The van der Waals surface area contributed by atoms with E-state index < -0.39 is 29.7 Å². The molecule has 0 spiro atoms. The molecule has 238 valence electrons. The van der Waals surface area contributed by atoms with Gasteiger partial charge in [0.1, 0.15) is 17.7 Å². The minimum absolute atomic E-state index is 0.0280. The number of hydrogen-bond acceptors (Lipinski definition) is 6. The minimum Gasteiger partial charge on any atom is -0.466 e. The van der Waals surface area contributed by atoms with E-state index in [0.717, 1.165) is 42.4 Å². The van der Waals surface area contributed by atoms with E-state index in [2.05, 4.69) is 17.6 Å². The number of amides is 3. The highest BCUT2D eigenvalue weighted by molar-refractivity contribution is 5.92. The van der Waals surface area contributed by atoms with Crippen molar-refractivity contribution in [3.05, 3.63) is 34.9 Å². The lowest BCUT2D eigenvalue weighted by atomic mass is 9.92. The summed E-state index contributed by atoms with van der Waals surface area (Å²) < 4.78 is 10.5. The Morgan fingerprint density at radius 3 is 2.12 bits per heavy atom. The molecule has 0 bridgehead atoms. The minimum atomic E-state index is -0.942. The first-order chi connectivity index (χ1) is 19.7. The van der Waals surface area contributed by atoms with Crippen LogP contribution in [0, 0.1) is 19.8 Å². The molecule has 0 saturated carbocycles. The van der Waals surface area contributed by atoms with Crippen molar-refractivity contribution in [1.82, 2.24) is 15.5 Å². The van der Waals surface area contributed by atoms with Crippen molar-refractivity contribution < 1.29 is 28.7 Å². The van der Waals surface area contributed by atoms with Gasteiger partial charge in [-0.1, -0.05) is 64.7 Å². The molecule has 0 saturated heterocycles. The standard InChI is InChI=1S/C33H55N3O6/c1-10-12-13-14-15-21-36(31(39)26(22-23(3)4)35-32(40)42-33(7,8)9)29(28-24(5)17-16-18-25(28)6)30(38)34-20-19-27(37)41-11-2/h16-18,23,26,29H,10-15,19-22H2,1-9H3,(H,34,38)(H,35,40). The van der Waals surface area contributed by atoms with E-state index in [1.54, 1.807) is 32.6 Å². The molecule has 9 nitrogen and oxygen atoms in total. The van der Waals surface area contributed by atoms with E-state index in [9.17, 15) is 19.2 Å². The zero-order valence-corrected chi connectivity index (χ0v) is 27.4. The third kappa shape index (κ3) is 13.3. The summed E-state index contributed by atoms with van der Waals surface area (Å²) in [6.45, 7) is 17.7. The van der Waals surface area contributed by atoms with Crippen LogP contribution in [0.4, 0.5) is 4.79 Å². The van der Waals surface area contributed by atoms with Gasteiger partial charge in [-0.15, -0.1) is 0 Å². The second-order valence-corrected chi connectivity index (χ2v) is 12.3. The summed E-state index contributed by atoms with van der Waals surface area (Å²) in [5.74, 6) is -1.02. The molecule has 2 unspecified atom stereocenters. The van der Waals surface area contributed by atoms with Crippen LogP contribution in [0.1, 0.15) is 116 Å². The molecular weight excluding hydrogens is 534 g/mol. The van der Waals surface area contributed by atoms with Crippen molar-refractivity contribution in [2.75, 3.05) is 19.7 Å². The SMILES string of the molecule is CCCCCCCN(C(=O)C(CC(C)C)NC(=O)OC(C)(C)C)C(C(=O)NCCC(=O)OCC)c1c(C)cccc1C. The van der Waals surface area contributed by atoms with Crippen molar-refractivity contribution in [2.45, 2.75) is 125 Å². The molecule has 2 N–H and O–H groups in total. The van der Waals surface area contributed by atoms with Gasteiger partial charge in [0.2, 0.25) is 11.8 Å². The molecule has 9 heteroatoms. The Morgan fingerprint density at radius 1 is 0.952 bits per heavy atom. The maximum absolute atomic E-state index is 14.4. The molecule has 3 amide bonds. The lowest BCUT2D eigenvalue weighted by molar-refractivity contribution is -0.144. The lowest BCUT2D eigenvalue weighted by Crippen LogP contribution is -2.54.